The minimum atomic E-state index is 0.0384. The van der Waals surface area contributed by atoms with Gasteiger partial charge in [-0.25, -0.2) is 0 Å². The molecule has 156 valence electrons. The third-order valence-electron chi connectivity index (χ3n) is 4.94. The third kappa shape index (κ3) is 7.40. The zero-order valence-electron chi connectivity index (χ0n) is 17.2. The van der Waals surface area contributed by atoms with Crippen molar-refractivity contribution in [2.75, 3.05) is 63.3 Å². The van der Waals surface area contributed by atoms with Crippen LogP contribution in [0.1, 0.15) is 12.8 Å². The van der Waals surface area contributed by atoms with Crippen molar-refractivity contribution in [3.05, 3.63) is 54.6 Å². The first-order valence-electron chi connectivity index (χ1n) is 10.3. The Hall–Kier alpha value is -2.57. The number of morpholine rings is 1. The molecular weight excluding hydrogens is 366 g/mol. The van der Waals surface area contributed by atoms with E-state index < -0.39 is 0 Å². The van der Waals surface area contributed by atoms with Gasteiger partial charge in [0.2, 0.25) is 5.91 Å². The van der Waals surface area contributed by atoms with Crippen molar-refractivity contribution in [2.45, 2.75) is 12.8 Å². The maximum Gasteiger partial charge on any atom is 0.225 e. The van der Waals surface area contributed by atoms with Gasteiger partial charge in [0.15, 0.2) is 0 Å². The Bertz CT molecular complexity index is 731. The molecule has 0 radical (unpaired) electrons. The van der Waals surface area contributed by atoms with Gasteiger partial charge in [0.25, 0.3) is 0 Å². The first kappa shape index (κ1) is 21.1. The van der Waals surface area contributed by atoms with Crippen LogP contribution in [0.2, 0.25) is 0 Å². The molecule has 6 heteroatoms. The van der Waals surface area contributed by atoms with Crippen LogP contribution in [-0.2, 0) is 9.53 Å². The Kier molecular flexibility index (Phi) is 8.34. The van der Waals surface area contributed by atoms with Gasteiger partial charge < -0.3 is 24.6 Å². The fourth-order valence-electron chi connectivity index (χ4n) is 3.25. The summed E-state index contributed by atoms with van der Waals surface area (Å²) in [5.74, 6) is 0.936. The van der Waals surface area contributed by atoms with E-state index in [0.29, 0.717) is 13.0 Å². The van der Waals surface area contributed by atoms with E-state index in [4.69, 9.17) is 9.47 Å². The highest BCUT2D eigenvalue weighted by molar-refractivity contribution is 5.91. The predicted octanol–water partition coefficient (Wildman–Crippen LogP) is 3.25. The van der Waals surface area contributed by atoms with Gasteiger partial charge in [0.05, 0.1) is 19.8 Å². The van der Waals surface area contributed by atoms with Crippen LogP contribution in [0.5, 0.6) is 5.75 Å². The van der Waals surface area contributed by atoms with Crippen molar-refractivity contribution in [3.8, 4) is 5.75 Å². The molecule has 29 heavy (non-hydrogen) atoms. The molecule has 0 bridgehead atoms. The van der Waals surface area contributed by atoms with Gasteiger partial charge in [-0.2, -0.15) is 0 Å². The van der Waals surface area contributed by atoms with Gasteiger partial charge >= 0.3 is 0 Å². The predicted molar refractivity (Wildman–Crippen MR) is 117 cm³/mol. The van der Waals surface area contributed by atoms with E-state index in [1.165, 1.54) is 5.69 Å². The number of nitrogens with zero attached hydrogens (tertiary/aromatic N) is 2. The fraction of sp³-hybridized carbons (Fsp3) is 0.435. The standard InChI is InChI=1S/C23H31N3O3/c1-25(13-5-17-29-22-6-3-2-4-7-22)14-12-23(27)24-20-8-10-21(11-9-20)26-15-18-28-19-16-26/h2-4,6-11H,5,12-19H2,1H3,(H,24,27). The summed E-state index contributed by atoms with van der Waals surface area (Å²) in [6.07, 6.45) is 1.40. The molecule has 0 saturated carbocycles. The smallest absolute Gasteiger partial charge is 0.225 e. The highest BCUT2D eigenvalue weighted by Crippen LogP contribution is 2.19. The number of hydrogen-bond donors (Lipinski definition) is 1. The van der Waals surface area contributed by atoms with Crippen molar-refractivity contribution < 1.29 is 14.3 Å². The number of carbonyl (C=O) groups is 1. The first-order valence-corrected chi connectivity index (χ1v) is 10.3. The second kappa shape index (κ2) is 11.4. The Morgan fingerprint density at radius 2 is 1.79 bits per heavy atom. The molecule has 0 aromatic heterocycles. The van der Waals surface area contributed by atoms with E-state index in [1.54, 1.807) is 0 Å². The minimum absolute atomic E-state index is 0.0384. The summed E-state index contributed by atoms with van der Waals surface area (Å²) in [6, 6.07) is 17.9. The summed E-state index contributed by atoms with van der Waals surface area (Å²) < 4.78 is 11.1. The van der Waals surface area contributed by atoms with Crippen LogP contribution >= 0.6 is 0 Å². The molecule has 0 spiro atoms. The lowest BCUT2D eigenvalue weighted by Crippen LogP contribution is -2.36. The van der Waals surface area contributed by atoms with Crippen molar-refractivity contribution in [1.82, 2.24) is 4.90 Å². The highest BCUT2D eigenvalue weighted by Gasteiger charge is 2.11. The third-order valence-corrected chi connectivity index (χ3v) is 4.94. The van der Waals surface area contributed by atoms with E-state index in [0.717, 1.165) is 57.3 Å². The molecule has 0 unspecified atom stereocenters. The number of benzene rings is 2. The topological polar surface area (TPSA) is 54.0 Å². The van der Waals surface area contributed by atoms with Gasteiger partial charge in [-0.3, -0.25) is 4.79 Å². The van der Waals surface area contributed by atoms with Gasteiger partial charge in [0, 0.05) is 44.0 Å². The SMILES string of the molecule is CN(CCCOc1ccccc1)CCC(=O)Nc1ccc(N2CCOCC2)cc1. The molecule has 6 nitrogen and oxygen atoms in total. The number of carbonyl (C=O) groups excluding carboxylic acids is 1. The second-order valence-corrected chi connectivity index (χ2v) is 7.26. The number of anilines is 2. The van der Waals surface area contributed by atoms with Crippen LogP contribution in [0.15, 0.2) is 54.6 Å². The quantitative estimate of drug-likeness (QED) is 0.624. The summed E-state index contributed by atoms with van der Waals surface area (Å²) in [6.45, 7) is 5.66. The zero-order chi connectivity index (χ0) is 20.3. The summed E-state index contributed by atoms with van der Waals surface area (Å²) in [7, 11) is 2.03. The molecule has 1 saturated heterocycles. The Morgan fingerprint density at radius 1 is 1.07 bits per heavy atom. The average Bonchev–Trinajstić information content (AvgIpc) is 2.77. The zero-order valence-corrected chi connectivity index (χ0v) is 17.2. The average molecular weight is 398 g/mol. The van der Waals surface area contributed by atoms with E-state index in [1.807, 2.05) is 49.5 Å². The summed E-state index contributed by atoms with van der Waals surface area (Å²) in [4.78, 5) is 16.7. The summed E-state index contributed by atoms with van der Waals surface area (Å²) in [5, 5.41) is 2.98. The molecule has 2 aromatic rings. The van der Waals surface area contributed by atoms with Gasteiger partial charge in [0.1, 0.15) is 5.75 Å². The monoisotopic (exact) mass is 397 g/mol. The van der Waals surface area contributed by atoms with Crippen LogP contribution < -0.4 is 15.0 Å². The van der Waals surface area contributed by atoms with Crippen molar-refractivity contribution >= 4 is 17.3 Å². The summed E-state index contributed by atoms with van der Waals surface area (Å²) >= 11 is 0. The number of rotatable bonds is 10. The number of nitrogens with one attached hydrogen (secondary N) is 1. The Morgan fingerprint density at radius 3 is 2.52 bits per heavy atom. The molecular formula is C23H31N3O3. The number of amides is 1. The second-order valence-electron chi connectivity index (χ2n) is 7.26. The molecule has 2 aromatic carbocycles. The fourth-order valence-corrected chi connectivity index (χ4v) is 3.25. The van der Waals surface area contributed by atoms with E-state index in [-0.39, 0.29) is 5.91 Å². The van der Waals surface area contributed by atoms with Crippen LogP contribution in [-0.4, -0.2) is 63.9 Å². The molecule has 3 rings (SSSR count). The molecule has 1 aliphatic heterocycles. The number of hydrogen-bond acceptors (Lipinski definition) is 5. The maximum atomic E-state index is 12.2. The van der Waals surface area contributed by atoms with Crippen LogP contribution in [0, 0.1) is 0 Å². The Balaban J connectivity index is 1.30. The largest absolute Gasteiger partial charge is 0.494 e. The van der Waals surface area contributed by atoms with Crippen molar-refractivity contribution in [1.29, 1.82) is 0 Å². The number of ether oxygens (including phenoxy) is 2. The lowest BCUT2D eigenvalue weighted by atomic mass is 10.2. The van der Waals surface area contributed by atoms with E-state index in [2.05, 4.69) is 27.2 Å². The molecule has 1 amide bonds. The minimum Gasteiger partial charge on any atom is -0.494 e. The number of para-hydroxylation sites is 1. The van der Waals surface area contributed by atoms with E-state index >= 15 is 0 Å². The Labute approximate surface area is 173 Å². The van der Waals surface area contributed by atoms with Crippen LogP contribution in [0.4, 0.5) is 11.4 Å². The lowest BCUT2D eigenvalue weighted by molar-refractivity contribution is -0.116. The van der Waals surface area contributed by atoms with Gasteiger partial charge in [-0.1, -0.05) is 18.2 Å². The van der Waals surface area contributed by atoms with Crippen molar-refractivity contribution in [2.24, 2.45) is 0 Å². The van der Waals surface area contributed by atoms with Gasteiger partial charge in [-0.15, -0.1) is 0 Å². The van der Waals surface area contributed by atoms with Crippen LogP contribution in [0.25, 0.3) is 0 Å². The highest BCUT2D eigenvalue weighted by atomic mass is 16.5. The van der Waals surface area contributed by atoms with E-state index in [9.17, 15) is 4.79 Å². The maximum absolute atomic E-state index is 12.2. The molecule has 1 aliphatic rings. The molecule has 1 N–H and O–H groups in total. The lowest BCUT2D eigenvalue weighted by Gasteiger charge is -2.28. The van der Waals surface area contributed by atoms with Gasteiger partial charge in [-0.05, 0) is 49.9 Å². The van der Waals surface area contributed by atoms with Crippen molar-refractivity contribution in [3.63, 3.8) is 0 Å². The molecule has 0 aliphatic carbocycles. The normalized spacial score (nSPS) is 14.1. The first-order chi connectivity index (χ1) is 14.2. The molecule has 1 fully saturated rings. The summed E-state index contributed by atoms with van der Waals surface area (Å²) in [5.41, 5.74) is 2.01. The molecule has 1 heterocycles. The molecule has 0 atom stereocenters. The van der Waals surface area contributed by atoms with Crippen LogP contribution in [0.3, 0.4) is 0 Å².